The van der Waals surface area contributed by atoms with Gasteiger partial charge < -0.3 is 9.73 Å². The predicted molar refractivity (Wildman–Crippen MR) is 101 cm³/mol. The van der Waals surface area contributed by atoms with Gasteiger partial charge in [-0.3, -0.25) is 4.79 Å². The molecule has 0 unspecified atom stereocenters. The molecule has 3 rings (SSSR count). The summed E-state index contributed by atoms with van der Waals surface area (Å²) in [5.41, 5.74) is 3.09. The van der Waals surface area contributed by atoms with Gasteiger partial charge in [-0.1, -0.05) is 53.7 Å². The first-order valence-electron chi connectivity index (χ1n) is 7.65. The van der Waals surface area contributed by atoms with Crippen LogP contribution in [0.2, 0.25) is 0 Å². The number of nitrogens with one attached hydrogen (secondary N) is 1. The Kier molecular flexibility index (Phi) is 5.88. The van der Waals surface area contributed by atoms with Crippen LogP contribution in [0, 0.1) is 6.92 Å². The van der Waals surface area contributed by atoms with E-state index in [-0.39, 0.29) is 11.7 Å². The van der Waals surface area contributed by atoms with E-state index < -0.39 is 0 Å². The van der Waals surface area contributed by atoms with Gasteiger partial charge in [-0.2, -0.15) is 0 Å². The molecule has 7 heteroatoms. The Bertz CT molecular complexity index is 865. The normalized spacial score (nSPS) is 10.6. The van der Waals surface area contributed by atoms with E-state index in [1.165, 1.54) is 17.3 Å². The number of carbonyl (C=O) groups is 1. The topological polar surface area (TPSA) is 68.0 Å². The summed E-state index contributed by atoms with van der Waals surface area (Å²) in [6.07, 6.45) is 0. The van der Waals surface area contributed by atoms with E-state index in [1.54, 1.807) is 0 Å². The van der Waals surface area contributed by atoms with Crippen molar-refractivity contribution in [2.24, 2.45) is 0 Å². The molecule has 5 nitrogen and oxygen atoms in total. The number of thioether (sulfide) groups is 1. The molecule has 0 aliphatic rings. The van der Waals surface area contributed by atoms with Crippen LogP contribution < -0.4 is 5.32 Å². The first kappa shape index (κ1) is 17.7. The van der Waals surface area contributed by atoms with Gasteiger partial charge in [-0.05, 0) is 40.5 Å². The van der Waals surface area contributed by atoms with Gasteiger partial charge in [-0.25, -0.2) is 0 Å². The van der Waals surface area contributed by atoms with Crippen LogP contribution in [-0.2, 0) is 11.3 Å². The lowest BCUT2D eigenvalue weighted by atomic mass is 10.1. The fourth-order valence-electron chi connectivity index (χ4n) is 2.10. The van der Waals surface area contributed by atoms with E-state index in [0.717, 1.165) is 15.6 Å². The second kappa shape index (κ2) is 8.31. The monoisotopic (exact) mass is 417 g/mol. The SMILES string of the molecule is Cc1ccc(CNC(=O)CSc2nnc(-c3ccccc3Br)o2)cc1. The van der Waals surface area contributed by atoms with E-state index in [2.05, 4.69) is 31.4 Å². The van der Waals surface area contributed by atoms with E-state index in [1.807, 2.05) is 55.5 Å². The third kappa shape index (κ3) is 4.93. The number of amides is 1. The first-order valence-corrected chi connectivity index (χ1v) is 9.43. The summed E-state index contributed by atoms with van der Waals surface area (Å²) in [4.78, 5) is 12.0. The van der Waals surface area contributed by atoms with Gasteiger partial charge in [0.05, 0.1) is 11.3 Å². The second-order valence-electron chi connectivity index (χ2n) is 5.40. The molecule has 1 heterocycles. The van der Waals surface area contributed by atoms with Crippen molar-refractivity contribution in [3.8, 4) is 11.5 Å². The third-order valence-electron chi connectivity index (χ3n) is 3.45. The largest absolute Gasteiger partial charge is 0.411 e. The highest BCUT2D eigenvalue weighted by Gasteiger charge is 2.13. The maximum Gasteiger partial charge on any atom is 0.277 e. The van der Waals surface area contributed by atoms with Crippen LogP contribution >= 0.6 is 27.7 Å². The molecule has 3 aromatic rings. The summed E-state index contributed by atoms with van der Waals surface area (Å²) < 4.78 is 6.49. The van der Waals surface area contributed by atoms with Gasteiger partial charge in [0.2, 0.25) is 11.8 Å². The number of benzene rings is 2. The van der Waals surface area contributed by atoms with Gasteiger partial charge in [0.15, 0.2) is 0 Å². The van der Waals surface area contributed by atoms with E-state index in [0.29, 0.717) is 17.7 Å². The summed E-state index contributed by atoms with van der Waals surface area (Å²) in [6.45, 7) is 2.54. The Balaban J connectivity index is 1.51. The lowest BCUT2D eigenvalue weighted by molar-refractivity contribution is -0.118. The minimum Gasteiger partial charge on any atom is -0.411 e. The molecule has 0 aliphatic carbocycles. The molecule has 2 aromatic carbocycles. The van der Waals surface area contributed by atoms with Gasteiger partial charge in [-0.15, -0.1) is 10.2 Å². The van der Waals surface area contributed by atoms with Crippen LogP contribution in [0.3, 0.4) is 0 Å². The first-order chi connectivity index (χ1) is 12.1. The molecular weight excluding hydrogens is 402 g/mol. The molecule has 0 bridgehead atoms. The van der Waals surface area contributed by atoms with E-state index >= 15 is 0 Å². The van der Waals surface area contributed by atoms with Crippen LogP contribution in [0.4, 0.5) is 0 Å². The summed E-state index contributed by atoms with van der Waals surface area (Å²) in [5.74, 6) is 0.574. The Morgan fingerprint density at radius 3 is 2.68 bits per heavy atom. The molecule has 0 saturated carbocycles. The highest BCUT2D eigenvalue weighted by atomic mass is 79.9. The number of halogens is 1. The number of rotatable bonds is 6. The Labute approximate surface area is 158 Å². The number of aryl methyl sites for hydroxylation is 1. The van der Waals surface area contributed by atoms with Gasteiger partial charge in [0.1, 0.15) is 0 Å². The molecule has 0 fully saturated rings. The van der Waals surface area contributed by atoms with Crippen molar-refractivity contribution in [3.63, 3.8) is 0 Å². The van der Waals surface area contributed by atoms with Crippen LogP contribution in [0.25, 0.3) is 11.5 Å². The molecule has 1 aromatic heterocycles. The lowest BCUT2D eigenvalue weighted by Gasteiger charge is -2.04. The molecule has 25 heavy (non-hydrogen) atoms. The Morgan fingerprint density at radius 2 is 1.92 bits per heavy atom. The highest BCUT2D eigenvalue weighted by Crippen LogP contribution is 2.28. The standard InChI is InChI=1S/C18H16BrN3O2S/c1-12-6-8-13(9-7-12)10-20-16(23)11-25-18-22-21-17(24-18)14-4-2-3-5-15(14)19/h2-9H,10-11H2,1H3,(H,20,23). The average Bonchev–Trinajstić information content (AvgIpc) is 3.08. The number of aromatic nitrogens is 2. The molecule has 0 saturated heterocycles. The van der Waals surface area contributed by atoms with Crippen LogP contribution in [-0.4, -0.2) is 21.9 Å². The molecule has 128 valence electrons. The maximum atomic E-state index is 12.0. The van der Waals surface area contributed by atoms with E-state index in [9.17, 15) is 4.79 Å². The zero-order valence-electron chi connectivity index (χ0n) is 13.5. The van der Waals surface area contributed by atoms with Crippen molar-refractivity contribution in [3.05, 3.63) is 64.1 Å². The molecule has 1 N–H and O–H groups in total. The second-order valence-corrected chi connectivity index (χ2v) is 7.18. The number of carbonyl (C=O) groups excluding carboxylic acids is 1. The van der Waals surface area contributed by atoms with Crippen molar-refractivity contribution < 1.29 is 9.21 Å². The molecule has 0 aliphatic heterocycles. The zero-order valence-corrected chi connectivity index (χ0v) is 15.9. The number of hydrogen-bond acceptors (Lipinski definition) is 5. The summed E-state index contributed by atoms with van der Waals surface area (Å²) in [6, 6.07) is 15.7. The number of nitrogens with zero attached hydrogens (tertiary/aromatic N) is 2. The van der Waals surface area contributed by atoms with Gasteiger partial charge in [0, 0.05) is 11.0 Å². The van der Waals surface area contributed by atoms with Crippen molar-refractivity contribution in [1.82, 2.24) is 15.5 Å². The minimum atomic E-state index is -0.0776. The fourth-order valence-corrected chi connectivity index (χ4v) is 3.14. The molecular formula is C18H16BrN3O2S. The zero-order chi connectivity index (χ0) is 17.6. The smallest absolute Gasteiger partial charge is 0.277 e. The molecule has 0 atom stereocenters. The lowest BCUT2D eigenvalue weighted by Crippen LogP contribution is -2.24. The van der Waals surface area contributed by atoms with Crippen molar-refractivity contribution in [2.45, 2.75) is 18.7 Å². The highest BCUT2D eigenvalue weighted by molar-refractivity contribution is 9.10. The van der Waals surface area contributed by atoms with Gasteiger partial charge in [0.25, 0.3) is 5.22 Å². The Hall–Kier alpha value is -2.12. The van der Waals surface area contributed by atoms with Crippen LogP contribution in [0.1, 0.15) is 11.1 Å². The van der Waals surface area contributed by atoms with Crippen molar-refractivity contribution in [2.75, 3.05) is 5.75 Å². The van der Waals surface area contributed by atoms with Crippen molar-refractivity contribution >= 4 is 33.6 Å². The maximum absolute atomic E-state index is 12.0. The molecule has 0 radical (unpaired) electrons. The van der Waals surface area contributed by atoms with E-state index in [4.69, 9.17) is 4.42 Å². The minimum absolute atomic E-state index is 0.0776. The summed E-state index contributed by atoms with van der Waals surface area (Å²) in [5, 5.41) is 11.3. The summed E-state index contributed by atoms with van der Waals surface area (Å²) in [7, 11) is 0. The molecule has 0 spiro atoms. The van der Waals surface area contributed by atoms with Crippen molar-refractivity contribution in [1.29, 1.82) is 0 Å². The van der Waals surface area contributed by atoms with Crippen LogP contribution in [0.5, 0.6) is 0 Å². The Morgan fingerprint density at radius 1 is 1.16 bits per heavy atom. The van der Waals surface area contributed by atoms with Crippen LogP contribution in [0.15, 0.2) is 62.6 Å². The van der Waals surface area contributed by atoms with Gasteiger partial charge >= 0.3 is 0 Å². The quantitative estimate of drug-likeness (QED) is 0.608. The number of hydrogen-bond donors (Lipinski definition) is 1. The predicted octanol–water partition coefficient (Wildman–Crippen LogP) is 4.22. The fraction of sp³-hybridized carbons (Fsp3) is 0.167. The third-order valence-corrected chi connectivity index (χ3v) is 4.96. The molecule has 1 amide bonds. The average molecular weight is 418 g/mol. The summed E-state index contributed by atoms with van der Waals surface area (Å²) >= 11 is 4.67.